The van der Waals surface area contributed by atoms with Crippen molar-refractivity contribution in [3.8, 4) is 0 Å². The monoisotopic (exact) mass is 402 g/mol. The van der Waals surface area contributed by atoms with E-state index in [0.717, 1.165) is 36.8 Å². The standard InChI is InChI=1S/C24H26N4O2/c1-15-8-6-10-18(11-7-9-15)26-24-25-14-20-16(2)21(17(3)29)23(30)28(22(20)27-24)19-12-4-5-13-19/h6-11,14,19H,4-5,12-13H2,1-3H3,(H,25,26,27). The highest BCUT2D eigenvalue weighted by Crippen LogP contribution is 2.31. The molecule has 1 fully saturated rings. The average molecular weight is 402 g/mol. The summed E-state index contributed by atoms with van der Waals surface area (Å²) >= 11 is 0. The number of hydrogen-bond acceptors (Lipinski definition) is 5. The Kier molecular flexibility index (Phi) is 5.48. The van der Waals surface area contributed by atoms with E-state index >= 15 is 0 Å². The lowest BCUT2D eigenvalue weighted by Gasteiger charge is -2.19. The summed E-state index contributed by atoms with van der Waals surface area (Å²) in [5, 5.41) is 3.99. The predicted octanol–water partition coefficient (Wildman–Crippen LogP) is 4.79. The largest absolute Gasteiger partial charge is 0.324 e. The Hall–Kier alpha value is -3.28. The molecule has 0 aliphatic heterocycles. The fourth-order valence-corrected chi connectivity index (χ4v) is 4.24. The smallest absolute Gasteiger partial charge is 0.263 e. The molecular formula is C24H26N4O2. The molecule has 6 nitrogen and oxygen atoms in total. The van der Waals surface area contributed by atoms with Gasteiger partial charge in [0.2, 0.25) is 5.95 Å². The van der Waals surface area contributed by atoms with Gasteiger partial charge < -0.3 is 5.32 Å². The van der Waals surface area contributed by atoms with Gasteiger partial charge in [-0.1, -0.05) is 42.7 Å². The second-order valence-electron chi connectivity index (χ2n) is 7.98. The van der Waals surface area contributed by atoms with Gasteiger partial charge >= 0.3 is 0 Å². The van der Waals surface area contributed by atoms with Crippen LogP contribution in [0, 0.1) is 6.92 Å². The van der Waals surface area contributed by atoms with Crippen LogP contribution >= 0.6 is 0 Å². The SMILES string of the molecule is CC(=O)c1c(C)c2cnc(NC3=CC=CC(C)=CC=C3)nc2n(C2CCCC2)c1=O. The van der Waals surface area contributed by atoms with Gasteiger partial charge in [-0.3, -0.25) is 14.2 Å². The van der Waals surface area contributed by atoms with E-state index in [2.05, 4.69) is 10.3 Å². The van der Waals surface area contributed by atoms with Crippen LogP contribution in [0.15, 0.2) is 58.7 Å². The fourth-order valence-electron chi connectivity index (χ4n) is 4.24. The van der Waals surface area contributed by atoms with Gasteiger partial charge in [0.05, 0.1) is 5.56 Å². The Bertz CT molecular complexity index is 1190. The number of carbonyl (C=O) groups is 1. The molecule has 0 unspecified atom stereocenters. The summed E-state index contributed by atoms with van der Waals surface area (Å²) in [6, 6.07) is 0.0676. The minimum absolute atomic E-state index is 0.0676. The first-order chi connectivity index (χ1) is 14.5. The number of fused-ring (bicyclic) bond motifs is 1. The van der Waals surface area contributed by atoms with E-state index in [9.17, 15) is 9.59 Å². The molecule has 1 saturated carbocycles. The molecule has 0 spiro atoms. The van der Waals surface area contributed by atoms with Gasteiger partial charge in [-0.25, -0.2) is 4.98 Å². The Morgan fingerprint density at radius 3 is 2.60 bits per heavy atom. The van der Waals surface area contributed by atoms with Crippen LogP contribution in [0.5, 0.6) is 0 Å². The minimum Gasteiger partial charge on any atom is -0.324 e. The van der Waals surface area contributed by atoms with Crippen molar-refractivity contribution in [2.45, 2.75) is 52.5 Å². The lowest BCUT2D eigenvalue weighted by Crippen LogP contribution is -2.30. The molecule has 1 N–H and O–H groups in total. The molecular weight excluding hydrogens is 376 g/mol. The number of pyridine rings is 1. The number of rotatable bonds is 4. The first-order valence-electron chi connectivity index (χ1n) is 10.4. The first kappa shape index (κ1) is 20.0. The number of allylic oxidation sites excluding steroid dienone is 7. The van der Waals surface area contributed by atoms with Gasteiger partial charge in [0.1, 0.15) is 5.65 Å². The molecule has 2 aromatic rings. The molecule has 154 valence electrons. The van der Waals surface area contributed by atoms with E-state index in [1.54, 1.807) is 17.7 Å². The van der Waals surface area contributed by atoms with Crippen LogP contribution in [0.1, 0.15) is 61.5 Å². The number of aromatic nitrogens is 3. The van der Waals surface area contributed by atoms with E-state index in [4.69, 9.17) is 4.98 Å². The molecule has 30 heavy (non-hydrogen) atoms. The van der Waals surface area contributed by atoms with Crippen LogP contribution in [0.4, 0.5) is 5.95 Å². The predicted molar refractivity (Wildman–Crippen MR) is 120 cm³/mol. The quantitative estimate of drug-likeness (QED) is 0.745. The third-order valence-electron chi connectivity index (χ3n) is 5.78. The number of ketones is 1. The first-order valence-corrected chi connectivity index (χ1v) is 10.4. The Labute approximate surface area is 175 Å². The summed E-state index contributed by atoms with van der Waals surface area (Å²) in [4.78, 5) is 34.7. The molecule has 4 rings (SSSR count). The number of Topliss-reactive ketones (excluding diaryl/α,β-unsaturated/α-hetero) is 1. The molecule has 0 amide bonds. The number of nitrogens with zero attached hydrogens (tertiary/aromatic N) is 3. The van der Waals surface area contributed by atoms with Crippen molar-refractivity contribution in [3.05, 3.63) is 75.4 Å². The number of carbonyl (C=O) groups excluding carboxylic acids is 1. The molecule has 0 radical (unpaired) electrons. The number of anilines is 1. The molecule has 0 aromatic carbocycles. The molecule has 2 aliphatic carbocycles. The van der Waals surface area contributed by atoms with Crippen molar-refractivity contribution in [2.75, 3.05) is 5.32 Å². The highest BCUT2D eigenvalue weighted by atomic mass is 16.1. The second kappa shape index (κ2) is 8.22. The molecule has 2 aliphatic rings. The Morgan fingerprint density at radius 2 is 1.87 bits per heavy atom. The maximum atomic E-state index is 13.3. The molecule has 0 atom stereocenters. The fraction of sp³-hybridized carbons (Fsp3) is 0.333. The third kappa shape index (κ3) is 3.77. The average Bonchev–Trinajstić information content (AvgIpc) is 3.20. The zero-order chi connectivity index (χ0) is 21.3. The van der Waals surface area contributed by atoms with E-state index in [-0.39, 0.29) is 22.9 Å². The second-order valence-corrected chi connectivity index (χ2v) is 7.98. The van der Waals surface area contributed by atoms with Crippen LogP contribution < -0.4 is 10.9 Å². The highest BCUT2D eigenvalue weighted by molar-refractivity contribution is 5.99. The number of hydrogen-bond donors (Lipinski definition) is 1. The summed E-state index contributed by atoms with van der Waals surface area (Å²) < 4.78 is 1.73. The van der Waals surface area contributed by atoms with E-state index in [1.807, 2.05) is 43.4 Å². The lowest BCUT2D eigenvalue weighted by molar-refractivity contribution is 0.101. The van der Waals surface area contributed by atoms with Gasteiger partial charge in [-0.15, -0.1) is 0 Å². The summed E-state index contributed by atoms with van der Waals surface area (Å²) in [6.07, 6.45) is 17.6. The zero-order valence-electron chi connectivity index (χ0n) is 17.6. The van der Waals surface area contributed by atoms with Gasteiger partial charge in [0, 0.05) is 23.3 Å². The zero-order valence-corrected chi connectivity index (χ0v) is 17.6. The van der Waals surface area contributed by atoms with Gasteiger partial charge in [0.25, 0.3) is 5.56 Å². The lowest BCUT2D eigenvalue weighted by atomic mass is 10.0. The molecule has 2 heterocycles. The molecule has 0 saturated heterocycles. The van der Waals surface area contributed by atoms with Crippen LogP contribution in [0.3, 0.4) is 0 Å². The normalized spacial score (nSPS) is 16.9. The summed E-state index contributed by atoms with van der Waals surface area (Å²) in [7, 11) is 0. The highest BCUT2D eigenvalue weighted by Gasteiger charge is 2.25. The third-order valence-corrected chi connectivity index (χ3v) is 5.78. The minimum atomic E-state index is -0.238. The van der Waals surface area contributed by atoms with E-state index < -0.39 is 0 Å². The molecule has 0 bridgehead atoms. The topological polar surface area (TPSA) is 76.9 Å². The van der Waals surface area contributed by atoms with Crippen LogP contribution in [0.2, 0.25) is 0 Å². The maximum Gasteiger partial charge on any atom is 0.263 e. The summed E-state index contributed by atoms with van der Waals surface area (Å²) in [5.41, 5.74) is 3.27. The van der Waals surface area contributed by atoms with Crippen molar-refractivity contribution in [1.29, 1.82) is 0 Å². The summed E-state index contributed by atoms with van der Waals surface area (Å²) in [6.45, 7) is 5.29. The Balaban J connectivity index is 1.84. The van der Waals surface area contributed by atoms with Crippen molar-refractivity contribution in [3.63, 3.8) is 0 Å². The maximum absolute atomic E-state index is 13.3. The van der Waals surface area contributed by atoms with Gasteiger partial charge in [0.15, 0.2) is 5.78 Å². The van der Waals surface area contributed by atoms with Gasteiger partial charge in [-0.2, -0.15) is 4.98 Å². The van der Waals surface area contributed by atoms with Crippen LogP contribution in [-0.2, 0) is 0 Å². The van der Waals surface area contributed by atoms with Gasteiger partial charge in [-0.05, 0) is 51.3 Å². The van der Waals surface area contributed by atoms with Crippen LogP contribution in [-0.4, -0.2) is 20.3 Å². The van der Waals surface area contributed by atoms with Crippen molar-refractivity contribution in [2.24, 2.45) is 0 Å². The summed E-state index contributed by atoms with van der Waals surface area (Å²) in [5.74, 6) is 0.211. The van der Waals surface area contributed by atoms with E-state index in [1.165, 1.54) is 12.5 Å². The Morgan fingerprint density at radius 1 is 1.13 bits per heavy atom. The van der Waals surface area contributed by atoms with Crippen molar-refractivity contribution in [1.82, 2.24) is 14.5 Å². The van der Waals surface area contributed by atoms with Crippen LogP contribution in [0.25, 0.3) is 11.0 Å². The number of aryl methyl sites for hydroxylation is 1. The van der Waals surface area contributed by atoms with E-state index in [0.29, 0.717) is 17.2 Å². The van der Waals surface area contributed by atoms with Crippen molar-refractivity contribution >= 4 is 22.8 Å². The van der Waals surface area contributed by atoms with Crippen molar-refractivity contribution < 1.29 is 4.79 Å². The molecule has 6 heteroatoms. The molecule has 2 aromatic heterocycles. The number of nitrogens with one attached hydrogen (secondary N) is 1.